The number of rotatable bonds is 2. The Morgan fingerprint density at radius 3 is 2.38 bits per heavy atom. The summed E-state index contributed by atoms with van der Waals surface area (Å²) in [5.74, 6) is 0.820. The molecule has 0 spiro atoms. The Hall–Kier alpha value is -1.38. The van der Waals surface area contributed by atoms with Crippen LogP contribution in [0.25, 0.3) is 0 Å². The average molecular weight is 220 g/mol. The third-order valence-corrected chi connectivity index (χ3v) is 3.46. The molecular formula is C13H20N2O. The molecule has 1 aliphatic heterocycles. The predicted octanol–water partition coefficient (Wildman–Crippen LogP) is 2.65. The van der Waals surface area contributed by atoms with Gasteiger partial charge in [0.15, 0.2) is 0 Å². The van der Waals surface area contributed by atoms with Crippen molar-refractivity contribution >= 4 is 11.4 Å². The smallest absolute Gasteiger partial charge is 0.121 e. The van der Waals surface area contributed by atoms with Crippen LogP contribution in [0.2, 0.25) is 0 Å². The lowest BCUT2D eigenvalue weighted by atomic mass is 10.2. The molecule has 88 valence electrons. The Kier molecular flexibility index (Phi) is 2.95. The number of nitrogens with zero attached hydrogens (tertiary/aromatic N) is 1. The SMILES string of the molecule is COc1ccc(N2[C@H](C)CC[C@@H]2C)c(N)c1. The van der Waals surface area contributed by atoms with E-state index in [0.29, 0.717) is 12.1 Å². The highest BCUT2D eigenvalue weighted by molar-refractivity contribution is 5.70. The van der Waals surface area contributed by atoms with Crippen LogP contribution < -0.4 is 15.4 Å². The van der Waals surface area contributed by atoms with Crippen molar-refractivity contribution in [2.24, 2.45) is 0 Å². The molecule has 2 rings (SSSR count). The Labute approximate surface area is 97.2 Å². The molecule has 1 aromatic carbocycles. The Bertz CT molecular complexity index is 368. The van der Waals surface area contributed by atoms with Gasteiger partial charge in [-0.2, -0.15) is 0 Å². The predicted molar refractivity (Wildman–Crippen MR) is 68.0 cm³/mol. The molecular weight excluding hydrogens is 200 g/mol. The number of nitrogens with two attached hydrogens (primary N) is 1. The Morgan fingerprint density at radius 2 is 1.88 bits per heavy atom. The minimum absolute atomic E-state index is 0.575. The molecule has 1 heterocycles. The molecule has 1 aliphatic rings. The first-order chi connectivity index (χ1) is 7.63. The van der Waals surface area contributed by atoms with Gasteiger partial charge in [0, 0.05) is 18.2 Å². The first-order valence-electron chi connectivity index (χ1n) is 5.85. The number of ether oxygens (including phenoxy) is 1. The molecule has 1 saturated heterocycles. The third kappa shape index (κ3) is 1.82. The zero-order valence-electron chi connectivity index (χ0n) is 10.2. The Balaban J connectivity index is 2.33. The molecule has 3 nitrogen and oxygen atoms in total. The lowest BCUT2D eigenvalue weighted by Gasteiger charge is -2.30. The van der Waals surface area contributed by atoms with Crippen molar-refractivity contribution < 1.29 is 4.74 Å². The highest BCUT2D eigenvalue weighted by atomic mass is 16.5. The van der Waals surface area contributed by atoms with Gasteiger partial charge in [0.25, 0.3) is 0 Å². The maximum Gasteiger partial charge on any atom is 0.121 e. The standard InChI is InChI=1S/C13H20N2O/c1-9-4-5-10(2)15(9)13-7-6-11(16-3)8-12(13)14/h6-10H,4-5,14H2,1-3H3/t9-,10+. The van der Waals surface area contributed by atoms with E-state index in [2.05, 4.69) is 24.8 Å². The summed E-state index contributed by atoms with van der Waals surface area (Å²) in [6.45, 7) is 4.51. The maximum atomic E-state index is 6.08. The lowest BCUT2D eigenvalue weighted by Crippen LogP contribution is -2.33. The second-order valence-corrected chi connectivity index (χ2v) is 4.61. The van der Waals surface area contributed by atoms with E-state index in [1.807, 2.05) is 12.1 Å². The third-order valence-electron chi connectivity index (χ3n) is 3.46. The van der Waals surface area contributed by atoms with Crippen LogP contribution in [-0.4, -0.2) is 19.2 Å². The molecule has 0 saturated carbocycles. The first kappa shape index (κ1) is 11.1. The molecule has 2 atom stereocenters. The second-order valence-electron chi connectivity index (χ2n) is 4.61. The van der Waals surface area contributed by atoms with Crippen molar-refractivity contribution in [2.45, 2.75) is 38.8 Å². The van der Waals surface area contributed by atoms with E-state index in [9.17, 15) is 0 Å². The maximum absolute atomic E-state index is 6.08. The monoisotopic (exact) mass is 220 g/mol. The first-order valence-corrected chi connectivity index (χ1v) is 5.85. The molecule has 1 fully saturated rings. The van der Waals surface area contributed by atoms with E-state index in [1.165, 1.54) is 12.8 Å². The van der Waals surface area contributed by atoms with Crippen LogP contribution in [-0.2, 0) is 0 Å². The van der Waals surface area contributed by atoms with Gasteiger partial charge in [0.1, 0.15) is 5.75 Å². The van der Waals surface area contributed by atoms with Gasteiger partial charge < -0.3 is 15.4 Å². The fourth-order valence-corrected chi connectivity index (χ4v) is 2.56. The summed E-state index contributed by atoms with van der Waals surface area (Å²) in [5, 5.41) is 0. The number of nitrogen functional groups attached to an aromatic ring is 1. The van der Waals surface area contributed by atoms with Gasteiger partial charge >= 0.3 is 0 Å². The molecule has 0 amide bonds. The summed E-state index contributed by atoms with van der Waals surface area (Å²) in [6.07, 6.45) is 2.49. The van der Waals surface area contributed by atoms with Crippen LogP contribution in [0.4, 0.5) is 11.4 Å². The molecule has 16 heavy (non-hydrogen) atoms. The van der Waals surface area contributed by atoms with E-state index in [-0.39, 0.29) is 0 Å². The molecule has 0 unspecified atom stereocenters. The largest absolute Gasteiger partial charge is 0.497 e. The van der Waals surface area contributed by atoms with Crippen LogP contribution in [0.3, 0.4) is 0 Å². The molecule has 0 aromatic heterocycles. The lowest BCUT2D eigenvalue weighted by molar-refractivity contribution is 0.415. The van der Waals surface area contributed by atoms with E-state index in [0.717, 1.165) is 17.1 Å². The summed E-state index contributed by atoms with van der Waals surface area (Å²) >= 11 is 0. The van der Waals surface area contributed by atoms with Crippen molar-refractivity contribution in [2.75, 3.05) is 17.7 Å². The van der Waals surface area contributed by atoms with Gasteiger partial charge in [-0.05, 0) is 38.8 Å². The average Bonchev–Trinajstić information content (AvgIpc) is 2.59. The van der Waals surface area contributed by atoms with Gasteiger partial charge in [-0.15, -0.1) is 0 Å². The normalized spacial score (nSPS) is 24.8. The van der Waals surface area contributed by atoms with Gasteiger partial charge in [-0.25, -0.2) is 0 Å². The summed E-state index contributed by atoms with van der Waals surface area (Å²) in [7, 11) is 1.66. The van der Waals surface area contributed by atoms with E-state index in [1.54, 1.807) is 7.11 Å². The highest BCUT2D eigenvalue weighted by Crippen LogP contribution is 2.35. The summed E-state index contributed by atoms with van der Waals surface area (Å²) < 4.78 is 5.17. The molecule has 0 bridgehead atoms. The summed E-state index contributed by atoms with van der Waals surface area (Å²) in [6, 6.07) is 7.08. The molecule has 0 radical (unpaired) electrons. The fraction of sp³-hybridized carbons (Fsp3) is 0.538. The zero-order valence-corrected chi connectivity index (χ0v) is 10.2. The molecule has 3 heteroatoms. The number of hydrogen-bond donors (Lipinski definition) is 1. The van der Waals surface area contributed by atoms with Crippen LogP contribution >= 0.6 is 0 Å². The van der Waals surface area contributed by atoms with E-state index >= 15 is 0 Å². The Morgan fingerprint density at radius 1 is 1.25 bits per heavy atom. The topological polar surface area (TPSA) is 38.5 Å². The van der Waals surface area contributed by atoms with Crippen molar-refractivity contribution in [3.63, 3.8) is 0 Å². The quantitative estimate of drug-likeness (QED) is 0.779. The van der Waals surface area contributed by atoms with E-state index in [4.69, 9.17) is 10.5 Å². The second kappa shape index (κ2) is 4.24. The van der Waals surface area contributed by atoms with Crippen molar-refractivity contribution in [1.82, 2.24) is 0 Å². The summed E-state index contributed by atoms with van der Waals surface area (Å²) in [5.41, 5.74) is 8.02. The molecule has 0 aliphatic carbocycles. The van der Waals surface area contributed by atoms with Gasteiger partial charge in [-0.1, -0.05) is 0 Å². The fourth-order valence-electron chi connectivity index (χ4n) is 2.56. The van der Waals surface area contributed by atoms with Gasteiger partial charge in [-0.3, -0.25) is 0 Å². The van der Waals surface area contributed by atoms with Crippen molar-refractivity contribution in [1.29, 1.82) is 0 Å². The number of benzene rings is 1. The number of anilines is 2. The number of methoxy groups -OCH3 is 1. The zero-order chi connectivity index (χ0) is 11.7. The highest BCUT2D eigenvalue weighted by Gasteiger charge is 2.28. The number of hydrogen-bond acceptors (Lipinski definition) is 3. The van der Waals surface area contributed by atoms with Crippen LogP contribution in [0.1, 0.15) is 26.7 Å². The van der Waals surface area contributed by atoms with Crippen LogP contribution in [0, 0.1) is 0 Å². The minimum Gasteiger partial charge on any atom is -0.497 e. The van der Waals surface area contributed by atoms with Crippen LogP contribution in [0.15, 0.2) is 18.2 Å². The summed E-state index contributed by atoms with van der Waals surface area (Å²) in [4.78, 5) is 2.41. The van der Waals surface area contributed by atoms with E-state index < -0.39 is 0 Å². The van der Waals surface area contributed by atoms with Crippen molar-refractivity contribution in [3.8, 4) is 5.75 Å². The van der Waals surface area contributed by atoms with Crippen molar-refractivity contribution in [3.05, 3.63) is 18.2 Å². The minimum atomic E-state index is 0.575. The van der Waals surface area contributed by atoms with Gasteiger partial charge in [0.05, 0.1) is 18.5 Å². The molecule has 1 aromatic rings. The van der Waals surface area contributed by atoms with Crippen LogP contribution in [0.5, 0.6) is 5.75 Å². The van der Waals surface area contributed by atoms with Gasteiger partial charge in [0.2, 0.25) is 0 Å². The molecule has 2 N–H and O–H groups in total.